The maximum atomic E-state index is 12.5. The van der Waals surface area contributed by atoms with E-state index in [9.17, 15) is 4.79 Å². The van der Waals surface area contributed by atoms with Gasteiger partial charge in [0, 0.05) is 19.6 Å². The lowest BCUT2D eigenvalue weighted by Crippen LogP contribution is -2.40. The highest BCUT2D eigenvalue weighted by molar-refractivity contribution is 5.92. The number of nitrogens with one attached hydrogen (secondary N) is 1. The molecule has 0 bridgehead atoms. The summed E-state index contributed by atoms with van der Waals surface area (Å²) in [4.78, 5) is 18.8. The molecule has 1 saturated heterocycles. The first-order valence-corrected chi connectivity index (χ1v) is 7.24. The minimum atomic E-state index is 0.0675. The summed E-state index contributed by atoms with van der Waals surface area (Å²) in [5, 5.41) is 3.14. The van der Waals surface area contributed by atoms with Crippen LogP contribution in [0.5, 0.6) is 0 Å². The Bertz CT molecular complexity index is 433. The summed E-state index contributed by atoms with van der Waals surface area (Å²) < 4.78 is 0. The van der Waals surface area contributed by atoms with Crippen LogP contribution in [0.25, 0.3) is 0 Å². The van der Waals surface area contributed by atoms with Crippen molar-refractivity contribution in [3.05, 3.63) is 23.9 Å². The molecule has 1 unspecified atom stereocenters. The first kappa shape index (κ1) is 13.8. The van der Waals surface area contributed by atoms with E-state index in [1.807, 2.05) is 24.0 Å². The number of hydrogen-bond donors (Lipinski definition) is 1. The van der Waals surface area contributed by atoms with Crippen molar-refractivity contribution in [1.82, 2.24) is 9.88 Å². The van der Waals surface area contributed by atoms with Crippen molar-refractivity contribution in [2.75, 3.05) is 25.0 Å². The molecule has 1 amide bonds. The smallest absolute Gasteiger partial charge is 0.272 e. The molecule has 1 aliphatic rings. The highest BCUT2D eigenvalue weighted by Gasteiger charge is 2.24. The molecule has 2 heterocycles. The van der Waals surface area contributed by atoms with Gasteiger partial charge in [0.2, 0.25) is 0 Å². The van der Waals surface area contributed by atoms with Gasteiger partial charge < -0.3 is 10.2 Å². The average molecular weight is 261 g/mol. The summed E-state index contributed by atoms with van der Waals surface area (Å²) in [6.07, 6.45) is 3.50. The number of rotatable bonds is 4. The third kappa shape index (κ3) is 3.46. The second kappa shape index (κ2) is 6.55. The zero-order chi connectivity index (χ0) is 13.7. The van der Waals surface area contributed by atoms with Crippen LogP contribution in [0.15, 0.2) is 18.2 Å². The van der Waals surface area contributed by atoms with Crippen LogP contribution in [-0.2, 0) is 0 Å². The molecular weight excluding hydrogens is 238 g/mol. The summed E-state index contributed by atoms with van der Waals surface area (Å²) in [6, 6.07) is 5.59. The maximum Gasteiger partial charge on any atom is 0.272 e. The fourth-order valence-electron chi connectivity index (χ4n) is 2.58. The molecule has 0 spiro atoms. The van der Waals surface area contributed by atoms with Gasteiger partial charge in [0.25, 0.3) is 5.91 Å². The number of hydrogen-bond acceptors (Lipinski definition) is 3. The molecule has 104 valence electrons. The van der Waals surface area contributed by atoms with Gasteiger partial charge in [-0.1, -0.05) is 19.4 Å². The van der Waals surface area contributed by atoms with E-state index in [4.69, 9.17) is 0 Å². The van der Waals surface area contributed by atoms with Crippen molar-refractivity contribution in [3.8, 4) is 0 Å². The SMILES string of the molecule is CCNc1cccc(C(=O)N2CCCC(CC)C2)n1. The molecule has 4 nitrogen and oxygen atoms in total. The predicted molar refractivity (Wildman–Crippen MR) is 77.3 cm³/mol. The summed E-state index contributed by atoms with van der Waals surface area (Å²) >= 11 is 0. The van der Waals surface area contributed by atoms with Crippen molar-refractivity contribution < 1.29 is 4.79 Å². The van der Waals surface area contributed by atoms with Gasteiger partial charge in [0.05, 0.1) is 0 Å². The number of likely N-dealkylation sites (tertiary alicyclic amines) is 1. The third-order valence-electron chi connectivity index (χ3n) is 3.71. The second-order valence-electron chi connectivity index (χ2n) is 5.11. The van der Waals surface area contributed by atoms with Gasteiger partial charge in [0.1, 0.15) is 11.5 Å². The molecule has 1 aromatic heterocycles. The quantitative estimate of drug-likeness (QED) is 0.906. The van der Waals surface area contributed by atoms with Gasteiger partial charge >= 0.3 is 0 Å². The van der Waals surface area contributed by atoms with Crippen molar-refractivity contribution >= 4 is 11.7 Å². The highest BCUT2D eigenvalue weighted by Crippen LogP contribution is 2.20. The van der Waals surface area contributed by atoms with Crippen LogP contribution < -0.4 is 5.32 Å². The van der Waals surface area contributed by atoms with Crippen molar-refractivity contribution in [2.24, 2.45) is 5.92 Å². The Kier molecular flexibility index (Phi) is 4.77. The topological polar surface area (TPSA) is 45.2 Å². The lowest BCUT2D eigenvalue weighted by molar-refractivity contribution is 0.0665. The summed E-state index contributed by atoms with van der Waals surface area (Å²) in [5.41, 5.74) is 0.551. The molecule has 0 aliphatic carbocycles. The molecule has 19 heavy (non-hydrogen) atoms. The number of piperidine rings is 1. The summed E-state index contributed by atoms with van der Waals surface area (Å²) in [7, 11) is 0. The van der Waals surface area contributed by atoms with Crippen LogP contribution in [-0.4, -0.2) is 35.4 Å². The molecule has 1 fully saturated rings. The first-order chi connectivity index (χ1) is 9.24. The van der Waals surface area contributed by atoms with Crippen LogP contribution in [0, 0.1) is 5.92 Å². The Morgan fingerprint density at radius 1 is 1.47 bits per heavy atom. The normalized spacial score (nSPS) is 19.3. The van der Waals surface area contributed by atoms with E-state index in [2.05, 4.69) is 17.2 Å². The molecule has 1 aromatic rings. The van der Waals surface area contributed by atoms with Gasteiger partial charge in [-0.2, -0.15) is 0 Å². The fraction of sp³-hybridized carbons (Fsp3) is 0.600. The molecule has 0 aromatic carbocycles. The zero-order valence-corrected chi connectivity index (χ0v) is 11.9. The van der Waals surface area contributed by atoms with Crippen LogP contribution in [0.1, 0.15) is 43.6 Å². The Hall–Kier alpha value is -1.58. The van der Waals surface area contributed by atoms with Gasteiger partial charge in [-0.3, -0.25) is 4.79 Å². The highest BCUT2D eigenvalue weighted by atomic mass is 16.2. The number of carbonyl (C=O) groups is 1. The molecule has 4 heteroatoms. The number of nitrogens with zero attached hydrogens (tertiary/aromatic N) is 2. The number of amides is 1. The monoisotopic (exact) mass is 261 g/mol. The lowest BCUT2D eigenvalue weighted by Gasteiger charge is -2.32. The van der Waals surface area contributed by atoms with Crippen molar-refractivity contribution in [3.63, 3.8) is 0 Å². The van der Waals surface area contributed by atoms with E-state index in [0.29, 0.717) is 11.6 Å². The lowest BCUT2D eigenvalue weighted by atomic mass is 9.95. The predicted octanol–water partition coefficient (Wildman–Crippen LogP) is 2.78. The Morgan fingerprint density at radius 3 is 3.05 bits per heavy atom. The van der Waals surface area contributed by atoms with Crippen molar-refractivity contribution in [2.45, 2.75) is 33.1 Å². The fourth-order valence-corrected chi connectivity index (χ4v) is 2.58. The third-order valence-corrected chi connectivity index (χ3v) is 3.71. The van der Waals surface area contributed by atoms with E-state index < -0.39 is 0 Å². The molecule has 1 atom stereocenters. The molecule has 1 aliphatic heterocycles. The van der Waals surface area contributed by atoms with E-state index in [-0.39, 0.29) is 5.91 Å². The van der Waals surface area contributed by atoms with Crippen LogP contribution >= 0.6 is 0 Å². The largest absolute Gasteiger partial charge is 0.370 e. The van der Waals surface area contributed by atoms with Gasteiger partial charge in [0.15, 0.2) is 0 Å². The Morgan fingerprint density at radius 2 is 2.32 bits per heavy atom. The number of anilines is 1. The van der Waals surface area contributed by atoms with E-state index in [0.717, 1.165) is 38.3 Å². The maximum absolute atomic E-state index is 12.5. The van der Waals surface area contributed by atoms with E-state index in [1.54, 1.807) is 6.07 Å². The summed E-state index contributed by atoms with van der Waals surface area (Å²) in [6.45, 7) is 6.77. The minimum absolute atomic E-state index is 0.0675. The number of aromatic nitrogens is 1. The second-order valence-corrected chi connectivity index (χ2v) is 5.11. The summed E-state index contributed by atoms with van der Waals surface area (Å²) in [5.74, 6) is 1.49. The average Bonchev–Trinajstić information content (AvgIpc) is 2.47. The zero-order valence-electron chi connectivity index (χ0n) is 11.9. The van der Waals surface area contributed by atoms with Gasteiger partial charge in [-0.05, 0) is 37.8 Å². The Labute approximate surface area is 115 Å². The van der Waals surface area contributed by atoms with Crippen LogP contribution in [0.4, 0.5) is 5.82 Å². The van der Waals surface area contributed by atoms with Crippen molar-refractivity contribution in [1.29, 1.82) is 0 Å². The molecule has 0 radical (unpaired) electrons. The van der Waals surface area contributed by atoms with Gasteiger partial charge in [-0.25, -0.2) is 4.98 Å². The molecule has 2 rings (SSSR count). The minimum Gasteiger partial charge on any atom is -0.370 e. The number of pyridine rings is 1. The standard InChI is InChI=1S/C15H23N3O/c1-3-12-7-6-10-18(11-12)15(19)13-8-5-9-14(17-13)16-4-2/h5,8-9,12H,3-4,6-7,10-11H2,1-2H3,(H,16,17). The molecule has 0 saturated carbocycles. The molecular formula is C15H23N3O. The van der Waals surface area contributed by atoms with Crippen LogP contribution in [0.3, 0.4) is 0 Å². The van der Waals surface area contributed by atoms with Gasteiger partial charge in [-0.15, -0.1) is 0 Å². The number of carbonyl (C=O) groups excluding carboxylic acids is 1. The van der Waals surface area contributed by atoms with Crippen LogP contribution in [0.2, 0.25) is 0 Å². The first-order valence-electron chi connectivity index (χ1n) is 7.24. The Balaban J connectivity index is 2.08. The van der Waals surface area contributed by atoms with E-state index >= 15 is 0 Å². The van der Waals surface area contributed by atoms with E-state index in [1.165, 1.54) is 6.42 Å². The molecule has 1 N–H and O–H groups in total.